The van der Waals surface area contributed by atoms with E-state index in [1.54, 1.807) is 7.11 Å². The highest BCUT2D eigenvalue weighted by molar-refractivity contribution is 5.81. The molecule has 0 aliphatic rings. The molecule has 1 rings (SSSR count). The van der Waals surface area contributed by atoms with Crippen molar-refractivity contribution in [3.05, 3.63) is 29.8 Å². The maximum atomic E-state index is 11.8. The zero-order valence-corrected chi connectivity index (χ0v) is 13.3. The summed E-state index contributed by atoms with van der Waals surface area (Å²) < 4.78 is 10.7. The van der Waals surface area contributed by atoms with Crippen molar-refractivity contribution in [2.45, 2.75) is 39.5 Å². The standard InChI is InChI=1S/C16H26N2O3/c1-12(2)21-15-8-6-5-7-14(15)11-18-13(3)16(19)17-9-10-20-4/h5-8,12-13,18H,9-11H2,1-4H3,(H,17,19). The highest BCUT2D eigenvalue weighted by Gasteiger charge is 2.12. The Kier molecular flexibility index (Phi) is 7.79. The van der Waals surface area contributed by atoms with Crippen molar-refractivity contribution < 1.29 is 14.3 Å². The van der Waals surface area contributed by atoms with Crippen LogP contribution in [-0.2, 0) is 16.1 Å². The minimum atomic E-state index is -0.269. The molecule has 21 heavy (non-hydrogen) atoms. The molecule has 0 heterocycles. The Hall–Kier alpha value is -1.59. The van der Waals surface area contributed by atoms with Gasteiger partial charge in [0.05, 0.1) is 18.8 Å². The molecule has 2 N–H and O–H groups in total. The first-order chi connectivity index (χ1) is 10.0. The van der Waals surface area contributed by atoms with Crippen LogP contribution in [0.4, 0.5) is 0 Å². The molecule has 0 spiro atoms. The SMILES string of the molecule is COCCNC(=O)C(C)NCc1ccccc1OC(C)C. The Morgan fingerprint density at radius 1 is 1.24 bits per heavy atom. The third-order valence-corrected chi connectivity index (χ3v) is 2.93. The van der Waals surface area contributed by atoms with Gasteiger partial charge in [-0.2, -0.15) is 0 Å². The molecule has 0 saturated carbocycles. The molecule has 0 aromatic heterocycles. The van der Waals surface area contributed by atoms with Crippen LogP contribution in [0, 0.1) is 0 Å². The van der Waals surface area contributed by atoms with E-state index >= 15 is 0 Å². The lowest BCUT2D eigenvalue weighted by atomic mass is 10.2. The van der Waals surface area contributed by atoms with Crippen molar-refractivity contribution in [2.24, 2.45) is 0 Å². The molecule has 0 aliphatic heterocycles. The molecule has 5 heteroatoms. The van der Waals surface area contributed by atoms with E-state index in [1.807, 2.05) is 45.0 Å². The smallest absolute Gasteiger partial charge is 0.236 e. The number of amides is 1. The fourth-order valence-corrected chi connectivity index (χ4v) is 1.80. The van der Waals surface area contributed by atoms with Crippen molar-refractivity contribution in [1.82, 2.24) is 10.6 Å². The van der Waals surface area contributed by atoms with Crippen LogP contribution in [0.5, 0.6) is 5.75 Å². The van der Waals surface area contributed by atoms with Crippen LogP contribution in [0.15, 0.2) is 24.3 Å². The molecule has 1 aromatic rings. The summed E-state index contributed by atoms with van der Waals surface area (Å²) in [6.45, 7) is 7.46. The molecule has 1 amide bonds. The number of benzene rings is 1. The molecule has 1 aromatic carbocycles. The maximum Gasteiger partial charge on any atom is 0.236 e. The van der Waals surface area contributed by atoms with Crippen LogP contribution >= 0.6 is 0 Å². The van der Waals surface area contributed by atoms with Crippen molar-refractivity contribution in [2.75, 3.05) is 20.3 Å². The fourth-order valence-electron chi connectivity index (χ4n) is 1.80. The van der Waals surface area contributed by atoms with Gasteiger partial charge in [-0.3, -0.25) is 4.79 Å². The highest BCUT2D eigenvalue weighted by atomic mass is 16.5. The van der Waals surface area contributed by atoms with Crippen LogP contribution < -0.4 is 15.4 Å². The summed E-state index contributed by atoms with van der Waals surface area (Å²) in [7, 11) is 1.61. The quantitative estimate of drug-likeness (QED) is 0.681. The number of carbonyl (C=O) groups is 1. The van der Waals surface area contributed by atoms with Gasteiger partial charge in [0.15, 0.2) is 0 Å². The van der Waals surface area contributed by atoms with E-state index < -0.39 is 0 Å². The number of hydrogen-bond acceptors (Lipinski definition) is 4. The summed E-state index contributed by atoms with van der Waals surface area (Å²) in [5.41, 5.74) is 1.04. The second-order valence-corrected chi connectivity index (χ2v) is 5.16. The van der Waals surface area contributed by atoms with Crippen LogP contribution in [0.2, 0.25) is 0 Å². The first-order valence-electron chi connectivity index (χ1n) is 7.29. The number of hydrogen-bond donors (Lipinski definition) is 2. The number of ether oxygens (including phenoxy) is 2. The second kappa shape index (κ2) is 9.37. The minimum Gasteiger partial charge on any atom is -0.491 e. The number of nitrogens with one attached hydrogen (secondary N) is 2. The Morgan fingerprint density at radius 2 is 1.95 bits per heavy atom. The lowest BCUT2D eigenvalue weighted by molar-refractivity contribution is -0.123. The Morgan fingerprint density at radius 3 is 2.62 bits per heavy atom. The molecule has 0 bridgehead atoms. The molecule has 0 saturated heterocycles. The van der Waals surface area contributed by atoms with E-state index in [1.165, 1.54) is 0 Å². The predicted octanol–water partition coefficient (Wildman–Crippen LogP) is 1.71. The van der Waals surface area contributed by atoms with Gasteiger partial charge in [-0.25, -0.2) is 0 Å². The maximum absolute atomic E-state index is 11.8. The minimum absolute atomic E-state index is 0.0330. The van der Waals surface area contributed by atoms with Gasteiger partial charge in [0.1, 0.15) is 5.75 Å². The third kappa shape index (κ3) is 6.60. The van der Waals surface area contributed by atoms with Gasteiger partial charge in [-0.1, -0.05) is 18.2 Å². The molecule has 5 nitrogen and oxygen atoms in total. The van der Waals surface area contributed by atoms with Crippen molar-refractivity contribution in [1.29, 1.82) is 0 Å². The molecule has 0 fully saturated rings. The van der Waals surface area contributed by atoms with Crippen LogP contribution in [0.3, 0.4) is 0 Å². The van der Waals surface area contributed by atoms with Crippen LogP contribution in [-0.4, -0.2) is 38.3 Å². The number of carbonyl (C=O) groups excluding carboxylic acids is 1. The van der Waals surface area contributed by atoms with Gasteiger partial charge in [0, 0.05) is 25.8 Å². The summed E-state index contributed by atoms with van der Waals surface area (Å²) in [4.78, 5) is 11.8. The van der Waals surface area contributed by atoms with Crippen molar-refractivity contribution >= 4 is 5.91 Å². The van der Waals surface area contributed by atoms with Gasteiger partial charge >= 0.3 is 0 Å². The van der Waals surface area contributed by atoms with Crippen molar-refractivity contribution in [3.8, 4) is 5.75 Å². The predicted molar refractivity (Wildman–Crippen MR) is 83.4 cm³/mol. The average molecular weight is 294 g/mol. The topological polar surface area (TPSA) is 59.6 Å². The Bertz CT molecular complexity index is 435. The van der Waals surface area contributed by atoms with E-state index in [2.05, 4.69) is 10.6 Å². The number of rotatable bonds is 9. The second-order valence-electron chi connectivity index (χ2n) is 5.16. The van der Waals surface area contributed by atoms with Crippen molar-refractivity contribution in [3.63, 3.8) is 0 Å². The fraction of sp³-hybridized carbons (Fsp3) is 0.562. The van der Waals surface area contributed by atoms with E-state index in [-0.39, 0.29) is 18.1 Å². The Labute approximate surface area is 127 Å². The molecular formula is C16H26N2O3. The summed E-state index contributed by atoms with van der Waals surface area (Å²) in [6.07, 6.45) is 0.126. The molecular weight excluding hydrogens is 268 g/mol. The van der Waals surface area contributed by atoms with Gasteiger partial charge < -0.3 is 20.1 Å². The average Bonchev–Trinajstić information content (AvgIpc) is 2.45. The normalized spacial score (nSPS) is 12.2. The summed E-state index contributed by atoms with van der Waals surface area (Å²) in [5, 5.41) is 6.02. The molecule has 0 aliphatic carbocycles. The van der Waals surface area contributed by atoms with Crippen LogP contribution in [0.25, 0.3) is 0 Å². The van der Waals surface area contributed by atoms with E-state index in [4.69, 9.17) is 9.47 Å². The Balaban J connectivity index is 2.49. The van der Waals surface area contributed by atoms with E-state index in [9.17, 15) is 4.79 Å². The molecule has 118 valence electrons. The highest BCUT2D eigenvalue weighted by Crippen LogP contribution is 2.19. The monoisotopic (exact) mass is 294 g/mol. The lowest BCUT2D eigenvalue weighted by Gasteiger charge is -2.17. The largest absolute Gasteiger partial charge is 0.491 e. The van der Waals surface area contributed by atoms with E-state index in [0.29, 0.717) is 19.7 Å². The summed E-state index contributed by atoms with van der Waals surface area (Å²) in [5.74, 6) is 0.821. The van der Waals surface area contributed by atoms with Gasteiger partial charge in [0.25, 0.3) is 0 Å². The first-order valence-corrected chi connectivity index (χ1v) is 7.29. The zero-order valence-electron chi connectivity index (χ0n) is 13.3. The van der Waals surface area contributed by atoms with Gasteiger partial charge in [0.2, 0.25) is 5.91 Å². The van der Waals surface area contributed by atoms with Gasteiger partial charge in [-0.05, 0) is 26.8 Å². The first kappa shape index (κ1) is 17.5. The molecule has 1 atom stereocenters. The number of para-hydroxylation sites is 1. The molecule has 0 radical (unpaired) electrons. The lowest BCUT2D eigenvalue weighted by Crippen LogP contribution is -2.42. The van der Waals surface area contributed by atoms with E-state index in [0.717, 1.165) is 11.3 Å². The van der Waals surface area contributed by atoms with Crippen LogP contribution in [0.1, 0.15) is 26.3 Å². The summed E-state index contributed by atoms with van der Waals surface area (Å²) >= 11 is 0. The third-order valence-electron chi connectivity index (χ3n) is 2.93. The molecule has 1 unspecified atom stereocenters. The number of methoxy groups -OCH3 is 1. The summed E-state index contributed by atoms with van der Waals surface area (Å²) in [6, 6.07) is 7.59. The van der Waals surface area contributed by atoms with Gasteiger partial charge in [-0.15, -0.1) is 0 Å². The zero-order chi connectivity index (χ0) is 15.7.